The van der Waals surface area contributed by atoms with Gasteiger partial charge in [-0.1, -0.05) is 39.7 Å². The summed E-state index contributed by atoms with van der Waals surface area (Å²) in [6.07, 6.45) is 0.815. The molecule has 21 heavy (non-hydrogen) atoms. The van der Waals surface area contributed by atoms with Crippen molar-refractivity contribution in [2.45, 2.75) is 33.2 Å². The van der Waals surface area contributed by atoms with Crippen molar-refractivity contribution in [3.05, 3.63) is 62.6 Å². The molecule has 3 heteroatoms. The fourth-order valence-electron chi connectivity index (χ4n) is 2.85. The predicted octanol–water partition coefficient (Wildman–Crippen LogP) is 4.63. The number of aryl methyl sites for hydroxylation is 3. The Morgan fingerprint density at radius 2 is 1.71 bits per heavy atom. The van der Waals surface area contributed by atoms with E-state index in [0.717, 1.165) is 22.2 Å². The van der Waals surface area contributed by atoms with Crippen molar-refractivity contribution in [1.29, 1.82) is 0 Å². The molecule has 0 radical (unpaired) electrons. The van der Waals surface area contributed by atoms with Crippen LogP contribution >= 0.6 is 15.9 Å². The quantitative estimate of drug-likeness (QED) is 0.875. The summed E-state index contributed by atoms with van der Waals surface area (Å²) in [5.74, 6) is 0.833. The van der Waals surface area contributed by atoms with E-state index in [1.165, 1.54) is 22.3 Å². The Bertz CT molecular complexity index is 629. The van der Waals surface area contributed by atoms with E-state index < -0.39 is 0 Å². The lowest BCUT2D eigenvalue weighted by Crippen LogP contribution is -2.16. The van der Waals surface area contributed by atoms with Gasteiger partial charge in [-0.2, -0.15) is 0 Å². The minimum absolute atomic E-state index is 0.0758. The van der Waals surface area contributed by atoms with Crippen LogP contribution in [0.2, 0.25) is 0 Å². The van der Waals surface area contributed by atoms with Gasteiger partial charge in [-0.15, -0.1) is 0 Å². The van der Waals surface area contributed by atoms with E-state index in [9.17, 15) is 0 Å². The van der Waals surface area contributed by atoms with Gasteiger partial charge in [0.25, 0.3) is 0 Å². The van der Waals surface area contributed by atoms with Crippen LogP contribution < -0.4 is 10.5 Å². The van der Waals surface area contributed by atoms with Crippen LogP contribution in [0.5, 0.6) is 5.75 Å². The van der Waals surface area contributed by atoms with E-state index in [1.807, 2.05) is 18.2 Å². The third kappa shape index (κ3) is 3.66. The molecular weight excluding hydrogens is 326 g/mol. The van der Waals surface area contributed by atoms with Crippen molar-refractivity contribution < 1.29 is 4.74 Å². The average Bonchev–Trinajstić information content (AvgIpc) is 2.42. The van der Waals surface area contributed by atoms with Crippen molar-refractivity contribution >= 4 is 15.9 Å². The lowest BCUT2D eigenvalue weighted by molar-refractivity contribution is 0.405. The Morgan fingerprint density at radius 3 is 2.29 bits per heavy atom. The molecular formula is C18H22BrNO. The fourth-order valence-corrected chi connectivity index (χ4v) is 3.19. The Balaban J connectivity index is 2.32. The molecule has 0 heterocycles. The molecule has 2 aromatic carbocycles. The van der Waals surface area contributed by atoms with Gasteiger partial charge in [0.15, 0.2) is 0 Å². The van der Waals surface area contributed by atoms with Gasteiger partial charge in [-0.25, -0.2) is 0 Å². The van der Waals surface area contributed by atoms with E-state index in [0.29, 0.717) is 0 Å². The van der Waals surface area contributed by atoms with Crippen LogP contribution in [0.1, 0.15) is 33.9 Å². The van der Waals surface area contributed by atoms with Gasteiger partial charge in [0.1, 0.15) is 5.75 Å². The second-order valence-electron chi connectivity index (χ2n) is 5.57. The highest BCUT2D eigenvalue weighted by Crippen LogP contribution is 2.30. The number of hydrogen-bond acceptors (Lipinski definition) is 2. The van der Waals surface area contributed by atoms with Crippen LogP contribution in [0.3, 0.4) is 0 Å². The number of ether oxygens (including phenoxy) is 1. The molecule has 0 aliphatic carbocycles. The van der Waals surface area contributed by atoms with Crippen LogP contribution in [0.4, 0.5) is 0 Å². The van der Waals surface area contributed by atoms with E-state index in [1.54, 1.807) is 7.11 Å². The lowest BCUT2D eigenvalue weighted by Gasteiger charge is -2.19. The molecule has 112 valence electrons. The summed E-state index contributed by atoms with van der Waals surface area (Å²) >= 11 is 3.46. The first-order valence-electron chi connectivity index (χ1n) is 7.08. The number of hydrogen-bond donors (Lipinski definition) is 1. The number of methoxy groups -OCH3 is 1. The summed E-state index contributed by atoms with van der Waals surface area (Å²) < 4.78 is 6.45. The molecule has 0 amide bonds. The van der Waals surface area contributed by atoms with Gasteiger partial charge >= 0.3 is 0 Å². The second-order valence-corrected chi connectivity index (χ2v) is 6.49. The first kappa shape index (κ1) is 16.1. The van der Waals surface area contributed by atoms with E-state index in [2.05, 4.69) is 48.8 Å². The maximum atomic E-state index is 6.43. The SMILES string of the molecule is COc1cc(Br)ccc1C(N)Cc1c(C)cc(C)cc1C. The molecule has 0 aliphatic heterocycles. The van der Waals surface area contributed by atoms with Crippen LogP contribution in [-0.4, -0.2) is 7.11 Å². The monoisotopic (exact) mass is 347 g/mol. The highest BCUT2D eigenvalue weighted by Gasteiger charge is 2.15. The molecule has 0 bridgehead atoms. The van der Waals surface area contributed by atoms with Crippen molar-refractivity contribution in [1.82, 2.24) is 0 Å². The van der Waals surface area contributed by atoms with Crippen LogP contribution in [0.15, 0.2) is 34.8 Å². The van der Waals surface area contributed by atoms with Crippen LogP contribution in [-0.2, 0) is 6.42 Å². The van der Waals surface area contributed by atoms with Gasteiger partial charge in [-0.3, -0.25) is 0 Å². The lowest BCUT2D eigenvalue weighted by atomic mass is 9.92. The highest BCUT2D eigenvalue weighted by molar-refractivity contribution is 9.10. The average molecular weight is 348 g/mol. The molecule has 2 nitrogen and oxygen atoms in total. The summed E-state index contributed by atoms with van der Waals surface area (Å²) in [7, 11) is 1.68. The number of benzene rings is 2. The van der Waals surface area contributed by atoms with Gasteiger partial charge in [-0.05, 0) is 56.0 Å². The topological polar surface area (TPSA) is 35.2 Å². The Hall–Kier alpha value is -1.32. The normalized spacial score (nSPS) is 12.3. The predicted molar refractivity (Wildman–Crippen MR) is 92.0 cm³/mol. The summed E-state index contributed by atoms with van der Waals surface area (Å²) in [6, 6.07) is 10.4. The zero-order valence-electron chi connectivity index (χ0n) is 13.0. The van der Waals surface area contributed by atoms with Crippen molar-refractivity contribution in [2.24, 2.45) is 5.73 Å². The minimum Gasteiger partial charge on any atom is -0.496 e. The smallest absolute Gasteiger partial charge is 0.124 e. The molecule has 2 rings (SSSR count). The molecule has 2 aromatic rings. The van der Waals surface area contributed by atoms with Crippen LogP contribution in [0, 0.1) is 20.8 Å². The zero-order chi connectivity index (χ0) is 15.6. The van der Waals surface area contributed by atoms with Gasteiger partial charge < -0.3 is 10.5 Å². The highest BCUT2D eigenvalue weighted by atomic mass is 79.9. The summed E-state index contributed by atoms with van der Waals surface area (Å²) in [5.41, 5.74) is 12.7. The molecule has 0 saturated carbocycles. The van der Waals surface area contributed by atoms with Gasteiger partial charge in [0, 0.05) is 16.1 Å². The summed E-state index contributed by atoms with van der Waals surface area (Å²) in [4.78, 5) is 0. The van der Waals surface area contributed by atoms with Crippen LogP contribution in [0.25, 0.3) is 0 Å². The van der Waals surface area contributed by atoms with E-state index in [4.69, 9.17) is 10.5 Å². The molecule has 1 unspecified atom stereocenters. The fraction of sp³-hybridized carbons (Fsp3) is 0.333. The molecule has 0 spiro atoms. The standard InChI is InChI=1S/C18H22BrNO/c1-11-7-12(2)16(13(3)8-11)10-17(20)15-6-5-14(19)9-18(15)21-4/h5-9,17H,10,20H2,1-4H3. The zero-order valence-corrected chi connectivity index (χ0v) is 14.6. The maximum absolute atomic E-state index is 6.43. The minimum atomic E-state index is -0.0758. The number of nitrogens with two attached hydrogens (primary N) is 1. The van der Waals surface area contributed by atoms with Crippen molar-refractivity contribution in [3.8, 4) is 5.75 Å². The van der Waals surface area contributed by atoms with Gasteiger partial charge in [0.05, 0.1) is 7.11 Å². The van der Waals surface area contributed by atoms with E-state index >= 15 is 0 Å². The maximum Gasteiger partial charge on any atom is 0.124 e. The molecule has 2 N–H and O–H groups in total. The van der Waals surface area contributed by atoms with E-state index in [-0.39, 0.29) is 6.04 Å². The Morgan fingerprint density at radius 1 is 1.10 bits per heavy atom. The van der Waals surface area contributed by atoms with Gasteiger partial charge in [0.2, 0.25) is 0 Å². The number of halogens is 1. The molecule has 0 aromatic heterocycles. The summed E-state index contributed by atoms with van der Waals surface area (Å²) in [6.45, 7) is 6.43. The molecule has 0 saturated heterocycles. The molecule has 0 fully saturated rings. The first-order chi connectivity index (χ1) is 9.92. The summed E-state index contributed by atoms with van der Waals surface area (Å²) in [5, 5.41) is 0. The Kier molecular flexibility index (Phi) is 5.07. The first-order valence-corrected chi connectivity index (χ1v) is 7.87. The van der Waals surface area contributed by atoms with Crippen molar-refractivity contribution in [2.75, 3.05) is 7.11 Å². The molecule has 1 atom stereocenters. The molecule has 0 aliphatic rings. The number of rotatable bonds is 4. The Labute approximate surface area is 135 Å². The third-order valence-corrected chi connectivity index (χ3v) is 4.35. The van der Waals surface area contributed by atoms with Crippen molar-refractivity contribution in [3.63, 3.8) is 0 Å². The largest absolute Gasteiger partial charge is 0.496 e. The third-order valence-electron chi connectivity index (χ3n) is 3.86. The second kappa shape index (κ2) is 6.63.